The highest BCUT2D eigenvalue weighted by Gasteiger charge is 2.16. The van der Waals surface area contributed by atoms with Gasteiger partial charge in [-0.25, -0.2) is 0 Å². The van der Waals surface area contributed by atoms with Crippen molar-refractivity contribution in [2.75, 3.05) is 33.2 Å². The van der Waals surface area contributed by atoms with Gasteiger partial charge in [-0.15, -0.1) is 0 Å². The second-order valence-corrected chi connectivity index (χ2v) is 4.37. The highest BCUT2D eigenvalue weighted by atomic mass is 16.2. The normalized spacial score (nSPS) is 17.6. The third kappa shape index (κ3) is 3.43. The Balaban J connectivity index is 1.91. The molecule has 1 saturated heterocycles. The van der Waals surface area contributed by atoms with E-state index in [1.807, 2.05) is 41.3 Å². The number of likely N-dealkylation sites (N-methyl/N-ethyl adjacent to an activating group) is 1. The van der Waals surface area contributed by atoms with Gasteiger partial charge in [-0.05, 0) is 18.7 Å². The van der Waals surface area contributed by atoms with E-state index in [1.54, 1.807) is 6.08 Å². The zero-order chi connectivity index (χ0) is 12.1. The standard InChI is InChI=1S/C14H18N2O/c1-15-9-11-16(12-10-15)14(17)8-7-13-5-3-2-4-6-13/h2-8H,9-12H2,1H3. The topological polar surface area (TPSA) is 23.6 Å². The van der Waals surface area contributed by atoms with E-state index in [4.69, 9.17) is 0 Å². The van der Waals surface area contributed by atoms with Crippen LogP contribution in [0.15, 0.2) is 36.4 Å². The summed E-state index contributed by atoms with van der Waals surface area (Å²) in [5, 5.41) is 0. The lowest BCUT2D eigenvalue weighted by molar-refractivity contribution is -0.127. The molecule has 0 unspecified atom stereocenters. The molecule has 1 fully saturated rings. The molecule has 1 amide bonds. The summed E-state index contributed by atoms with van der Waals surface area (Å²) in [5.74, 6) is 0.113. The van der Waals surface area contributed by atoms with Gasteiger partial charge in [0.05, 0.1) is 0 Å². The summed E-state index contributed by atoms with van der Waals surface area (Å²) >= 11 is 0. The zero-order valence-electron chi connectivity index (χ0n) is 10.2. The van der Waals surface area contributed by atoms with Gasteiger partial charge in [-0.3, -0.25) is 4.79 Å². The molecule has 0 atom stereocenters. The molecule has 1 heterocycles. The predicted molar refractivity (Wildman–Crippen MR) is 69.6 cm³/mol. The van der Waals surface area contributed by atoms with Crippen LogP contribution in [-0.4, -0.2) is 48.9 Å². The third-order valence-electron chi connectivity index (χ3n) is 3.03. The summed E-state index contributed by atoms with van der Waals surface area (Å²) in [6, 6.07) is 9.90. The van der Waals surface area contributed by atoms with Crippen LogP contribution in [0.3, 0.4) is 0 Å². The van der Waals surface area contributed by atoms with E-state index in [9.17, 15) is 4.79 Å². The van der Waals surface area contributed by atoms with Gasteiger partial charge in [-0.1, -0.05) is 30.3 Å². The van der Waals surface area contributed by atoms with Gasteiger partial charge < -0.3 is 9.80 Å². The molecule has 1 aromatic rings. The van der Waals surface area contributed by atoms with Gasteiger partial charge in [0.1, 0.15) is 0 Å². The number of hydrogen-bond donors (Lipinski definition) is 0. The number of carbonyl (C=O) groups is 1. The van der Waals surface area contributed by atoms with Gasteiger partial charge in [0.15, 0.2) is 0 Å². The maximum absolute atomic E-state index is 11.9. The molecule has 0 aliphatic carbocycles. The molecule has 2 rings (SSSR count). The van der Waals surface area contributed by atoms with Crippen molar-refractivity contribution in [3.05, 3.63) is 42.0 Å². The van der Waals surface area contributed by atoms with E-state index >= 15 is 0 Å². The van der Waals surface area contributed by atoms with Crippen LogP contribution in [0.2, 0.25) is 0 Å². The third-order valence-corrected chi connectivity index (χ3v) is 3.03. The van der Waals surface area contributed by atoms with Crippen LogP contribution in [-0.2, 0) is 4.79 Å². The Kier molecular flexibility index (Phi) is 3.94. The fourth-order valence-electron chi connectivity index (χ4n) is 1.86. The highest BCUT2D eigenvalue weighted by molar-refractivity contribution is 5.91. The van der Waals surface area contributed by atoms with Gasteiger partial charge >= 0.3 is 0 Å². The molecule has 0 radical (unpaired) electrons. The molecule has 1 aliphatic heterocycles. The largest absolute Gasteiger partial charge is 0.337 e. The van der Waals surface area contributed by atoms with Crippen molar-refractivity contribution in [2.24, 2.45) is 0 Å². The summed E-state index contributed by atoms with van der Waals surface area (Å²) in [5.41, 5.74) is 1.06. The lowest BCUT2D eigenvalue weighted by Gasteiger charge is -2.31. The van der Waals surface area contributed by atoms with Crippen molar-refractivity contribution in [2.45, 2.75) is 0 Å². The van der Waals surface area contributed by atoms with Crippen molar-refractivity contribution < 1.29 is 4.79 Å². The molecule has 90 valence electrons. The maximum Gasteiger partial charge on any atom is 0.246 e. The van der Waals surface area contributed by atoms with Gasteiger partial charge in [0.25, 0.3) is 0 Å². The Morgan fingerprint density at radius 1 is 1.12 bits per heavy atom. The molecule has 0 saturated carbocycles. The van der Waals surface area contributed by atoms with Crippen LogP contribution in [0.5, 0.6) is 0 Å². The van der Waals surface area contributed by atoms with Crippen molar-refractivity contribution >= 4 is 12.0 Å². The van der Waals surface area contributed by atoms with Crippen LogP contribution in [0.4, 0.5) is 0 Å². The minimum absolute atomic E-state index is 0.113. The van der Waals surface area contributed by atoms with E-state index in [0.717, 1.165) is 31.7 Å². The smallest absolute Gasteiger partial charge is 0.246 e. The summed E-state index contributed by atoms with van der Waals surface area (Å²) in [6.07, 6.45) is 3.54. The molecular weight excluding hydrogens is 212 g/mol. The molecule has 3 nitrogen and oxygen atoms in total. The van der Waals surface area contributed by atoms with Gasteiger partial charge in [0.2, 0.25) is 5.91 Å². The van der Waals surface area contributed by atoms with Crippen LogP contribution >= 0.6 is 0 Å². The number of hydrogen-bond acceptors (Lipinski definition) is 2. The Labute approximate surface area is 102 Å². The lowest BCUT2D eigenvalue weighted by atomic mass is 10.2. The number of piperazine rings is 1. The SMILES string of the molecule is CN1CCN(C(=O)C=Cc2ccccc2)CC1. The number of amides is 1. The summed E-state index contributed by atoms with van der Waals surface area (Å²) in [7, 11) is 2.08. The number of benzene rings is 1. The monoisotopic (exact) mass is 230 g/mol. The fourth-order valence-corrected chi connectivity index (χ4v) is 1.86. The second-order valence-electron chi connectivity index (χ2n) is 4.37. The molecule has 0 N–H and O–H groups in total. The first-order valence-electron chi connectivity index (χ1n) is 5.96. The molecule has 17 heavy (non-hydrogen) atoms. The summed E-state index contributed by atoms with van der Waals surface area (Å²) < 4.78 is 0. The zero-order valence-corrected chi connectivity index (χ0v) is 10.2. The van der Waals surface area contributed by atoms with Crippen molar-refractivity contribution in [1.29, 1.82) is 0 Å². The van der Waals surface area contributed by atoms with Gasteiger partial charge in [-0.2, -0.15) is 0 Å². The van der Waals surface area contributed by atoms with Crippen LogP contribution in [0, 0.1) is 0 Å². The Hall–Kier alpha value is -1.61. The molecule has 1 aromatic carbocycles. The molecule has 0 aromatic heterocycles. The van der Waals surface area contributed by atoms with E-state index in [1.165, 1.54) is 0 Å². The van der Waals surface area contributed by atoms with Crippen LogP contribution in [0.1, 0.15) is 5.56 Å². The lowest BCUT2D eigenvalue weighted by Crippen LogP contribution is -2.46. The van der Waals surface area contributed by atoms with E-state index in [2.05, 4.69) is 11.9 Å². The van der Waals surface area contributed by atoms with Gasteiger partial charge in [0, 0.05) is 32.3 Å². The first-order valence-corrected chi connectivity index (χ1v) is 5.96. The summed E-state index contributed by atoms with van der Waals surface area (Å²) in [4.78, 5) is 16.0. The van der Waals surface area contributed by atoms with Crippen molar-refractivity contribution in [3.63, 3.8) is 0 Å². The Bertz CT molecular complexity index is 392. The number of nitrogens with zero attached hydrogens (tertiary/aromatic N) is 2. The van der Waals surface area contributed by atoms with Crippen LogP contribution < -0.4 is 0 Å². The molecule has 0 bridgehead atoms. The van der Waals surface area contributed by atoms with E-state index in [0.29, 0.717) is 0 Å². The number of carbonyl (C=O) groups excluding carboxylic acids is 1. The average molecular weight is 230 g/mol. The summed E-state index contributed by atoms with van der Waals surface area (Å²) in [6.45, 7) is 3.58. The van der Waals surface area contributed by atoms with E-state index in [-0.39, 0.29) is 5.91 Å². The van der Waals surface area contributed by atoms with Crippen molar-refractivity contribution in [3.8, 4) is 0 Å². The predicted octanol–water partition coefficient (Wildman–Crippen LogP) is 1.47. The minimum Gasteiger partial charge on any atom is -0.337 e. The molecule has 0 spiro atoms. The average Bonchev–Trinajstić information content (AvgIpc) is 2.38. The minimum atomic E-state index is 0.113. The van der Waals surface area contributed by atoms with Crippen molar-refractivity contribution in [1.82, 2.24) is 9.80 Å². The van der Waals surface area contributed by atoms with E-state index < -0.39 is 0 Å². The first kappa shape index (κ1) is 11.9. The highest BCUT2D eigenvalue weighted by Crippen LogP contribution is 2.04. The Morgan fingerprint density at radius 2 is 1.76 bits per heavy atom. The van der Waals surface area contributed by atoms with Crippen LogP contribution in [0.25, 0.3) is 6.08 Å². The maximum atomic E-state index is 11.9. The second kappa shape index (κ2) is 5.64. The molecular formula is C14H18N2O. The number of rotatable bonds is 2. The Morgan fingerprint density at radius 3 is 2.41 bits per heavy atom. The first-order chi connectivity index (χ1) is 8.25. The fraction of sp³-hybridized carbons (Fsp3) is 0.357. The molecule has 3 heteroatoms. The quantitative estimate of drug-likeness (QED) is 0.718. The molecule has 1 aliphatic rings.